The fourth-order valence-corrected chi connectivity index (χ4v) is 3.50. The first kappa shape index (κ1) is 24.5. The molecule has 0 aliphatic heterocycles. The average molecular weight is 452 g/mol. The molecule has 7 heteroatoms. The van der Waals surface area contributed by atoms with Crippen LogP contribution in [-0.4, -0.2) is 51.7 Å². The van der Waals surface area contributed by atoms with Gasteiger partial charge in [0.25, 0.3) is 0 Å². The maximum Gasteiger partial charge on any atom is 0.222 e. The molecule has 1 atom stereocenters. The van der Waals surface area contributed by atoms with E-state index in [0.29, 0.717) is 24.7 Å². The summed E-state index contributed by atoms with van der Waals surface area (Å²) in [6, 6.07) is 15.9. The van der Waals surface area contributed by atoms with E-state index in [0.717, 1.165) is 16.8 Å². The first-order valence-electron chi connectivity index (χ1n) is 10.9. The lowest BCUT2D eigenvalue weighted by molar-refractivity contribution is 0.0191. The third kappa shape index (κ3) is 6.65. The van der Waals surface area contributed by atoms with Crippen molar-refractivity contribution in [2.24, 2.45) is 7.05 Å². The van der Waals surface area contributed by atoms with Gasteiger partial charge in [0, 0.05) is 31.7 Å². The summed E-state index contributed by atoms with van der Waals surface area (Å²) in [5.74, 6) is 3.15. The van der Waals surface area contributed by atoms with Gasteiger partial charge in [-0.2, -0.15) is 5.10 Å². The zero-order chi connectivity index (χ0) is 23.8. The molecule has 174 valence electrons. The smallest absolute Gasteiger partial charge is 0.222 e. The van der Waals surface area contributed by atoms with E-state index in [1.165, 1.54) is 12.1 Å². The second-order valence-electron chi connectivity index (χ2n) is 8.07. The molecule has 0 unspecified atom stereocenters. The number of terminal acetylenes is 1. The summed E-state index contributed by atoms with van der Waals surface area (Å²) in [4.78, 5) is 2.13. The fourth-order valence-electron chi connectivity index (χ4n) is 3.50. The Labute approximate surface area is 194 Å². The second-order valence-corrected chi connectivity index (χ2v) is 8.07. The van der Waals surface area contributed by atoms with Crippen LogP contribution in [0.25, 0.3) is 11.3 Å². The molecule has 0 spiro atoms. The van der Waals surface area contributed by atoms with Crippen molar-refractivity contribution in [3.8, 4) is 35.2 Å². The summed E-state index contributed by atoms with van der Waals surface area (Å²) >= 11 is 0. The first-order chi connectivity index (χ1) is 15.9. The molecule has 1 heterocycles. The molecule has 0 radical (unpaired) electrons. The highest BCUT2D eigenvalue weighted by atomic mass is 19.1. The Morgan fingerprint density at radius 3 is 2.48 bits per heavy atom. The van der Waals surface area contributed by atoms with Gasteiger partial charge in [-0.1, -0.05) is 36.3 Å². The molecule has 0 aliphatic rings. The van der Waals surface area contributed by atoms with Crippen LogP contribution in [0, 0.1) is 18.2 Å². The Morgan fingerprint density at radius 1 is 1.15 bits per heavy atom. The summed E-state index contributed by atoms with van der Waals surface area (Å²) < 4.78 is 26.5. The number of aryl methyl sites for hydroxylation is 1. The normalized spacial score (nSPS) is 12.2. The molecule has 1 aromatic heterocycles. The molecule has 3 aromatic rings. The molecule has 2 aromatic carbocycles. The first-order valence-corrected chi connectivity index (χ1v) is 10.9. The van der Waals surface area contributed by atoms with E-state index in [4.69, 9.17) is 21.0 Å². The van der Waals surface area contributed by atoms with Gasteiger partial charge in [-0.25, -0.2) is 9.07 Å². The third-order valence-corrected chi connectivity index (χ3v) is 5.20. The van der Waals surface area contributed by atoms with Gasteiger partial charge in [0.15, 0.2) is 0 Å². The molecule has 0 fully saturated rings. The van der Waals surface area contributed by atoms with Crippen molar-refractivity contribution >= 4 is 0 Å². The number of ether oxygens (including phenoxy) is 2. The highest BCUT2D eigenvalue weighted by Crippen LogP contribution is 2.34. The summed E-state index contributed by atoms with van der Waals surface area (Å²) in [7, 11) is 1.82. The van der Waals surface area contributed by atoms with Crippen molar-refractivity contribution in [3.05, 3.63) is 66.0 Å². The molecular formula is C26H30FN3O3. The predicted molar refractivity (Wildman–Crippen MR) is 126 cm³/mol. The molecule has 0 saturated carbocycles. The number of halogens is 1. The second kappa shape index (κ2) is 11.6. The van der Waals surface area contributed by atoms with Gasteiger partial charge in [0.05, 0.1) is 18.3 Å². The van der Waals surface area contributed by atoms with Crippen molar-refractivity contribution in [2.45, 2.75) is 32.5 Å². The van der Waals surface area contributed by atoms with Crippen molar-refractivity contribution in [3.63, 3.8) is 0 Å². The number of hydrogen-bond acceptors (Lipinski definition) is 5. The lowest BCUT2D eigenvalue weighted by Gasteiger charge is -2.29. The number of nitrogens with zero attached hydrogens (tertiary/aromatic N) is 3. The van der Waals surface area contributed by atoms with E-state index in [1.54, 1.807) is 16.8 Å². The van der Waals surface area contributed by atoms with Crippen LogP contribution in [0.1, 0.15) is 19.4 Å². The maximum absolute atomic E-state index is 13.4. The summed E-state index contributed by atoms with van der Waals surface area (Å²) in [6.07, 6.45) is 4.52. The molecule has 1 N–H and O–H groups in total. The Hall–Kier alpha value is -3.18. The number of aromatic nitrogens is 2. The van der Waals surface area contributed by atoms with E-state index < -0.39 is 6.10 Å². The summed E-state index contributed by atoms with van der Waals surface area (Å²) in [6.45, 7) is 5.32. The molecule has 0 saturated heterocycles. The van der Waals surface area contributed by atoms with Gasteiger partial charge in [0.1, 0.15) is 23.9 Å². The Morgan fingerprint density at radius 2 is 1.85 bits per heavy atom. The molecule has 0 bridgehead atoms. The molecule has 0 aliphatic carbocycles. The van der Waals surface area contributed by atoms with Gasteiger partial charge < -0.3 is 14.6 Å². The van der Waals surface area contributed by atoms with Gasteiger partial charge in [-0.05, 0) is 38.1 Å². The molecule has 3 rings (SSSR count). The van der Waals surface area contributed by atoms with Crippen LogP contribution in [-0.2, 0) is 18.3 Å². The molecule has 0 amide bonds. The number of hydrogen-bond donors (Lipinski definition) is 1. The minimum Gasteiger partial charge on any atom is -0.439 e. The van der Waals surface area contributed by atoms with Crippen molar-refractivity contribution in [1.29, 1.82) is 0 Å². The SMILES string of the molecule is C#CCOC[C@H](O)CN(Cc1c(-c2ccccc2)nn(C)c1Oc1ccc(F)cc1)C(C)C. The predicted octanol–water partition coefficient (Wildman–Crippen LogP) is 4.24. The zero-order valence-corrected chi connectivity index (χ0v) is 19.2. The largest absolute Gasteiger partial charge is 0.439 e. The zero-order valence-electron chi connectivity index (χ0n) is 19.2. The average Bonchev–Trinajstić information content (AvgIpc) is 3.10. The number of aliphatic hydroxyl groups excluding tert-OH is 1. The monoisotopic (exact) mass is 451 g/mol. The van der Waals surface area contributed by atoms with Crippen molar-refractivity contribution in [2.75, 3.05) is 19.8 Å². The van der Waals surface area contributed by atoms with Gasteiger partial charge >= 0.3 is 0 Å². The maximum atomic E-state index is 13.4. The molecular weight excluding hydrogens is 421 g/mol. The van der Waals surface area contributed by atoms with Crippen LogP contribution in [0.15, 0.2) is 54.6 Å². The fraction of sp³-hybridized carbons (Fsp3) is 0.346. The third-order valence-electron chi connectivity index (χ3n) is 5.20. The van der Waals surface area contributed by atoms with Crippen molar-refractivity contribution in [1.82, 2.24) is 14.7 Å². The van der Waals surface area contributed by atoms with Crippen LogP contribution in [0.2, 0.25) is 0 Å². The highest BCUT2D eigenvalue weighted by Gasteiger charge is 2.24. The number of aliphatic hydroxyl groups is 1. The van der Waals surface area contributed by atoms with E-state index in [-0.39, 0.29) is 25.1 Å². The highest BCUT2D eigenvalue weighted by molar-refractivity contribution is 5.65. The quantitative estimate of drug-likeness (QED) is 0.349. The lowest BCUT2D eigenvalue weighted by atomic mass is 10.1. The topological polar surface area (TPSA) is 59.8 Å². The Balaban J connectivity index is 1.94. The van der Waals surface area contributed by atoms with E-state index in [9.17, 15) is 9.50 Å². The molecule has 6 nitrogen and oxygen atoms in total. The molecule has 33 heavy (non-hydrogen) atoms. The van der Waals surface area contributed by atoms with Gasteiger partial charge in [-0.15, -0.1) is 6.42 Å². The van der Waals surface area contributed by atoms with Gasteiger partial charge in [0.2, 0.25) is 5.88 Å². The number of rotatable bonds is 11. The minimum atomic E-state index is -0.695. The lowest BCUT2D eigenvalue weighted by Crippen LogP contribution is -2.39. The van der Waals surface area contributed by atoms with E-state index in [1.807, 2.05) is 37.4 Å². The summed E-state index contributed by atoms with van der Waals surface area (Å²) in [5.41, 5.74) is 2.62. The minimum absolute atomic E-state index is 0.134. The van der Waals surface area contributed by atoms with Crippen LogP contribution in [0.5, 0.6) is 11.6 Å². The Bertz CT molecular complexity index is 1060. The summed E-state index contributed by atoms with van der Waals surface area (Å²) in [5, 5.41) is 15.2. The Kier molecular flexibility index (Phi) is 8.61. The van der Waals surface area contributed by atoms with Crippen LogP contribution < -0.4 is 4.74 Å². The van der Waals surface area contributed by atoms with Crippen LogP contribution >= 0.6 is 0 Å². The van der Waals surface area contributed by atoms with Crippen LogP contribution in [0.4, 0.5) is 4.39 Å². The van der Waals surface area contributed by atoms with E-state index in [2.05, 4.69) is 24.7 Å². The van der Waals surface area contributed by atoms with E-state index >= 15 is 0 Å². The standard InChI is InChI=1S/C26H30FN3O3/c1-5-15-32-18-22(31)16-30(19(2)3)17-24-25(20-9-7-6-8-10-20)28-29(4)26(24)33-23-13-11-21(27)12-14-23/h1,6-14,19,22,31H,15-18H2,2-4H3/t22-/m1/s1. The van der Waals surface area contributed by atoms with Crippen LogP contribution in [0.3, 0.4) is 0 Å². The number of benzene rings is 2. The van der Waals surface area contributed by atoms with Crippen molar-refractivity contribution < 1.29 is 19.0 Å². The van der Waals surface area contributed by atoms with Gasteiger partial charge in [-0.3, -0.25) is 4.90 Å².